The van der Waals surface area contributed by atoms with E-state index < -0.39 is 10.2 Å². The molecule has 6 nitrogen and oxygen atoms in total. The highest BCUT2D eigenvalue weighted by Crippen LogP contribution is 2.00. The van der Waals surface area contributed by atoms with E-state index in [9.17, 15) is 8.42 Å². The summed E-state index contributed by atoms with van der Waals surface area (Å²) < 4.78 is 31.9. The van der Waals surface area contributed by atoms with Crippen LogP contribution in [0.25, 0.3) is 0 Å². The van der Waals surface area contributed by atoms with E-state index in [1.54, 1.807) is 14.2 Å². The third-order valence-corrected chi connectivity index (χ3v) is 4.04. The van der Waals surface area contributed by atoms with Crippen molar-refractivity contribution < 1.29 is 13.2 Å². The van der Waals surface area contributed by atoms with E-state index in [4.69, 9.17) is 10.5 Å². The monoisotopic (exact) mass is 253 g/mol. The molecule has 3 N–H and O–H groups in total. The molecule has 0 saturated carbocycles. The van der Waals surface area contributed by atoms with Gasteiger partial charge in [-0.25, -0.2) is 4.72 Å². The number of rotatable bonds is 8. The third-order valence-electron chi connectivity index (χ3n) is 2.29. The normalized spacial score (nSPS) is 14.7. The standard InChI is InChI=1S/C9H23N3O3S/c1-8(2)12(3)16(13,14)11-6-5-9(10)7-15-4/h8-9,11H,5-7,10H2,1-4H3. The molecular weight excluding hydrogens is 230 g/mol. The molecule has 98 valence electrons. The van der Waals surface area contributed by atoms with Gasteiger partial charge in [-0.05, 0) is 20.3 Å². The van der Waals surface area contributed by atoms with Crippen molar-refractivity contribution in [3.05, 3.63) is 0 Å². The maximum Gasteiger partial charge on any atom is 0.279 e. The predicted octanol–water partition coefficient (Wildman–Crippen LogP) is -0.475. The van der Waals surface area contributed by atoms with E-state index in [0.717, 1.165) is 0 Å². The predicted molar refractivity (Wildman–Crippen MR) is 64.3 cm³/mol. The van der Waals surface area contributed by atoms with E-state index in [-0.39, 0.29) is 12.1 Å². The summed E-state index contributed by atoms with van der Waals surface area (Å²) in [5.74, 6) is 0. The summed E-state index contributed by atoms with van der Waals surface area (Å²) >= 11 is 0. The molecule has 1 atom stereocenters. The van der Waals surface area contributed by atoms with Crippen LogP contribution >= 0.6 is 0 Å². The fraction of sp³-hybridized carbons (Fsp3) is 1.00. The first-order valence-corrected chi connectivity index (χ1v) is 6.72. The van der Waals surface area contributed by atoms with Gasteiger partial charge < -0.3 is 10.5 Å². The number of nitrogens with two attached hydrogens (primary N) is 1. The highest BCUT2D eigenvalue weighted by molar-refractivity contribution is 7.87. The van der Waals surface area contributed by atoms with Crippen molar-refractivity contribution in [2.24, 2.45) is 5.73 Å². The van der Waals surface area contributed by atoms with Gasteiger partial charge in [0.05, 0.1) is 6.61 Å². The van der Waals surface area contributed by atoms with Crippen LogP contribution in [0.3, 0.4) is 0 Å². The molecule has 16 heavy (non-hydrogen) atoms. The van der Waals surface area contributed by atoms with Gasteiger partial charge in [0.25, 0.3) is 10.2 Å². The van der Waals surface area contributed by atoms with Crippen molar-refractivity contribution in [2.45, 2.75) is 32.4 Å². The van der Waals surface area contributed by atoms with Crippen LogP contribution in [0, 0.1) is 0 Å². The smallest absolute Gasteiger partial charge is 0.279 e. The summed E-state index contributed by atoms with van der Waals surface area (Å²) in [4.78, 5) is 0. The molecule has 0 fully saturated rings. The SMILES string of the molecule is COCC(N)CCNS(=O)(=O)N(C)C(C)C. The van der Waals surface area contributed by atoms with E-state index >= 15 is 0 Å². The highest BCUT2D eigenvalue weighted by atomic mass is 32.2. The maximum atomic E-state index is 11.7. The molecule has 0 heterocycles. The van der Waals surface area contributed by atoms with Gasteiger partial charge in [0.15, 0.2) is 0 Å². The van der Waals surface area contributed by atoms with Crippen molar-refractivity contribution in [1.29, 1.82) is 0 Å². The van der Waals surface area contributed by atoms with Gasteiger partial charge in [-0.3, -0.25) is 0 Å². The zero-order valence-electron chi connectivity index (χ0n) is 10.4. The minimum absolute atomic E-state index is 0.0647. The molecule has 0 aliphatic carbocycles. The minimum Gasteiger partial charge on any atom is -0.383 e. The van der Waals surface area contributed by atoms with Crippen molar-refractivity contribution in [2.75, 3.05) is 27.3 Å². The number of hydrogen-bond donors (Lipinski definition) is 2. The molecule has 0 aromatic rings. The van der Waals surface area contributed by atoms with Crippen LogP contribution in [-0.2, 0) is 14.9 Å². The van der Waals surface area contributed by atoms with Crippen molar-refractivity contribution in [3.8, 4) is 0 Å². The lowest BCUT2D eigenvalue weighted by molar-refractivity contribution is 0.177. The van der Waals surface area contributed by atoms with Gasteiger partial charge in [0.2, 0.25) is 0 Å². The quantitative estimate of drug-likeness (QED) is 0.612. The molecule has 1 unspecified atom stereocenters. The Morgan fingerprint density at radius 2 is 2.00 bits per heavy atom. The Morgan fingerprint density at radius 3 is 2.44 bits per heavy atom. The van der Waals surface area contributed by atoms with Crippen LogP contribution in [-0.4, -0.2) is 52.1 Å². The van der Waals surface area contributed by atoms with Crippen LogP contribution in [0.15, 0.2) is 0 Å². The summed E-state index contributed by atoms with van der Waals surface area (Å²) in [5.41, 5.74) is 5.68. The van der Waals surface area contributed by atoms with Crippen LogP contribution in [0.2, 0.25) is 0 Å². The van der Waals surface area contributed by atoms with E-state index in [0.29, 0.717) is 19.6 Å². The van der Waals surface area contributed by atoms with E-state index in [2.05, 4.69) is 4.72 Å². The Morgan fingerprint density at radius 1 is 1.44 bits per heavy atom. The first kappa shape index (κ1) is 15.8. The lowest BCUT2D eigenvalue weighted by atomic mass is 10.2. The lowest BCUT2D eigenvalue weighted by Gasteiger charge is -2.21. The highest BCUT2D eigenvalue weighted by Gasteiger charge is 2.19. The average molecular weight is 253 g/mol. The fourth-order valence-corrected chi connectivity index (χ4v) is 2.18. The molecule has 0 bridgehead atoms. The fourth-order valence-electron chi connectivity index (χ4n) is 1.05. The van der Waals surface area contributed by atoms with Gasteiger partial charge in [0, 0.05) is 32.8 Å². The Labute approximate surface area is 98.3 Å². The topological polar surface area (TPSA) is 84.7 Å². The lowest BCUT2D eigenvalue weighted by Crippen LogP contribution is -2.43. The Hall–Kier alpha value is -0.210. The number of methoxy groups -OCH3 is 1. The third kappa shape index (κ3) is 5.76. The molecule has 0 rings (SSSR count). The molecule has 0 radical (unpaired) electrons. The largest absolute Gasteiger partial charge is 0.383 e. The molecule has 0 spiro atoms. The zero-order valence-corrected chi connectivity index (χ0v) is 11.3. The second-order valence-corrected chi connectivity index (χ2v) is 5.83. The Balaban J connectivity index is 4.01. The van der Waals surface area contributed by atoms with E-state index in [1.165, 1.54) is 4.31 Å². The number of ether oxygens (including phenoxy) is 1. The van der Waals surface area contributed by atoms with Crippen molar-refractivity contribution in [3.63, 3.8) is 0 Å². The second-order valence-electron chi connectivity index (χ2n) is 4.01. The Kier molecular flexibility index (Phi) is 7.09. The maximum absolute atomic E-state index is 11.7. The molecule has 0 aromatic carbocycles. The summed E-state index contributed by atoms with van der Waals surface area (Å²) in [6, 6.07) is -0.206. The molecule has 0 aromatic heterocycles. The van der Waals surface area contributed by atoms with Gasteiger partial charge >= 0.3 is 0 Å². The molecule has 0 amide bonds. The van der Waals surface area contributed by atoms with Crippen LogP contribution < -0.4 is 10.5 Å². The average Bonchev–Trinajstić information content (AvgIpc) is 2.16. The number of nitrogens with one attached hydrogen (secondary N) is 1. The van der Waals surface area contributed by atoms with E-state index in [1.807, 2.05) is 13.8 Å². The van der Waals surface area contributed by atoms with Gasteiger partial charge in [-0.1, -0.05) is 0 Å². The Bertz CT molecular complexity index is 280. The minimum atomic E-state index is -3.38. The summed E-state index contributed by atoms with van der Waals surface area (Å²) in [6.07, 6.45) is 0.555. The summed E-state index contributed by atoms with van der Waals surface area (Å²) in [6.45, 7) is 4.39. The summed E-state index contributed by atoms with van der Waals surface area (Å²) in [5, 5.41) is 0. The first-order chi connectivity index (χ1) is 7.31. The van der Waals surface area contributed by atoms with Crippen LogP contribution in [0.5, 0.6) is 0 Å². The molecule has 0 aliphatic heterocycles. The molecular formula is C9H23N3O3S. The molecule has 0 aliphatic rings. The molecule has 0 saturated heterocycles. The second kappa shape index (κ2) is 7.18. The van der Waals surface area contributed by atoms with Crippen LogP contribution in [0.4, 0.5) is 0 Å². The van der Waals surface area contributed by atoms with Gasteiger partial charge in [-0.2, -0.15) is 12.7 Å². The van der Waals surface area contributed by atoms with Crippen LogP contribution in [0.1, 0.15) is 20.3 Å². The molecule has 7 heteroatoms. The number of hydrogen-bond acceptors (Lipinski definition) is 4. The van der Waals surface area contributed by atoms with Crippen molar-refractivity contribution >= 4 is 10.2 Å². The van der Waals surface area contributed by atoms with Gasteiger partial charge in [0.1, 0.15) is 0 Å². The van der Waals surface area contributed by atoms with Crippen molar-refractivity contribution in [1.82, 2.24) is 9.03 Å². The first-order valence-electron chi connectivity index (χ1n) is 5.28. The number of nitrogens with zero attached hydrogens (tertiary/aromatic N) is 1. The van der Waals surface area contributed by atoms with Gasteiger partial charge in [-0.15, -0.1) is 0 Å². The summed E-state index contributed by atoms with van der Waals surface area (Å²) in [7, 11) is -0.273. The zero-order chi connectivity index (χ0) is 12.8.